The van der Waals surface area contributed by atoms with Crippen molar-refractivity contribution in [3.63, 3.8) is 0 Å². The van der Waals surface area contributed by atoms with E-state index in [1.54, 1.807) is 0 Å². The zero-order chi connectivity index (χ0) is 15.1. The molecule has 0 saturated heterocycles. The molecule has 20 heavy (non-hydrogen) atoms. The summed E-state index contributed by atoms with van der Waals surface area (Å²) in [4.78, 5) is 22.9. The second-order valence-corrected chi connectivity index (χ2v) is 5.82. The van der Waals surface area contributed by atoms with Crippen molar-refractivity contribution in [3.05, 3.63) is 29.6 Å². The van der Waals surface area contributed by atoms with Crippen molar-refractivity contribution in [1.82, 2.24) is 5.32 Å². The minimum absolute atomic E-state index is 0.114. The average molecular weight is 299 g/mol. The number of amides is 1. The number of carboxylic acid groups (broad SMARTS) is 1. The molecule has 1 rings (SSSR count). The van der Waals surface area contributed by atoms with Crippen molar-refractivity contribution in [3.8, 4) is 0 Å². The maximum atomic E-state index is 13.2. The number of benzene rings is 1. The highest BCUT2D eigenvalue weighted by molar-refractivity contribution is 8.00. The van der Waals surface area contributed by atoms with Crippen molar-refractivity contribution in [1.29, 1.82) is 0 Å². The standard InChI is InChI=1S/C14H18FNO3S/c1-9(2)5-6-16-13(17)8-20-10-3-4-12(15)11(7-10)14(18)19/h3-4,7,9H,5-6,8H2,1-2H3,(H,16,17)(H,18,19). The number of carboxylic acids is 1. The van der Waals surface area contributed by atoms with Crippen LogP contribution in [-0.4, -0.2) is 29.3 Å². The van der Waals surface area contributed by atoms with E-state index < -0.39 is 11.8 Å². The number of nitrogens with one attached hydrogen (secondary N) is 1. The molecule has 110 valence electrons. The first-order valence-corrected chi connectivity index (χ1v) is 7.31. The number of aromatic carboxylic acids is 1. The second-order valence-electron chi connectivity index (χ2n) is 4.77. The zero-order valence-corrected chi connectivity index (χ0v) is 12.3. The summed E-state index contributed by atoms with van der Waals surface area (Å²) in [5, 5.41) is 11.6. The molecule has 0 radical (unpaired) electrons. The third kappa shape index (κ3) is 5.61. The number of hydrogen-bond acceptors (Lipinski definition) is 3. The summed E-state index contributed by atoms with van der Waals surface area (Å²) >= 11 is 1.19. The molecule has 1 aromatic carbocycles. The Bertz CT molecular complexity index is 491. The summed E-state index contributed by atoms with van der Waals surface area (Å²) in [7, 11) is 0. The van der Waals surface area contributed by atoms with E-state index in [4.69, 9.17) is 5.11 Å². The Labute approximate surface area is 121 Å². The van der Waals surface area contributed by atoms with Gasteiger partial charge in [0.25, 0.3) is 0 Å². The van der Waals surface area contributed by atoms with Gasteiger partial charge in [0.05, 0.1) is 11.3 Å². The SMILES string of the molecule is CC(C)CCNC(=O)CSc1ccc(F)c(C(=O)O)c1. The van der Waals surface area contributed by atoms with Crippen LogP contribution >= 0.6 is 11.8 Å². The molecule has 0 fully saturated rings. The zero-order valence-electron chi connectivity index (χ0n) is 11.5. The predicted molar refractivity (Wildman–Crippen MR) is 76.5 cm³/mol. The van der Waals surface area contributed by atoms with Crippen LogP contribution < -0.4 is 5.32 Å². The number of rotatable bonds is 7. The molecular formula is C14H18FNO3S. The van der Waals surface area contributed by atoms with Gasteiger partial charge in [-0.15, -0.1) is 11.8 Å². The van der Waals surface area contributed by atoms with E-state index in [1.165, 1.54) is 23.9 Å². The van der Waals surface area contributed by atoms with Gasteiger partial charge in [0.2, 0.25) is 5.91 Å². The summed E-state index contributed by atoms with van der Waals surface area (Å²) in [6, 6.07) is 3.81. The Balaban J connectivity index is 2.47. The van der Waals surface area contributed by atoms with E-state index >= 15 is 0 Å². The van der Waals surface area contributed by atoms with Gasteiger partial charge in [-0.2, -0.15) is 0 Å². The van der Waals surface area contributed by atoms with Crippen LogP contribution in [0.5, 0.6) is 0 Å². The molecule has 1 aromatic rings. The van der Waals surface area contributed by atoms with Crippen molar-refractivity contribution >= 4 is 23.6 Å². The van der Waals surface area contributed by atoms with Crippen LogP contribution in [0.2, 0.25) is 0 Å². The quantitative estimate of drug-likeness (QED) is 0.760. The second kappa shape index (κ2) is 7.89. The number of carbonyl (C=O) groups excluding carboxylic acids is 1. The molecule has 6 heteroatoms. The number of thioether (sulfide) groups is 1. The van der Waals surface area contributed by atoms with Crippen LogP contribution in [-0.2, 0) is 4.79 Å². The minimum Gasteiger partial charge on any atom is -0.478 e. The van der Waals surface area contributed by atoms with Crippen LogP contribution in [0.1, 0.15) is 30.6 Å². The molecule has 1 amide bonds. The Kier molecular flexibility index (Phi) is 6.51. The number of halogens is 1. The average Bonchev–Trinajstić information content (AvgIpc) is 2.37. The van der Waals surface area contributed by atoms with Gasteiger partial charge in [-0.1, -0.05) is 13.8 Å². The Morgan fingerprint density at radius 3 is 2.70 bits per heavy atom. The van der Waals surface area contributed by atoms with E-state index in [2.05, 4.69) is 19.2 Å². The van der Waals surface area contributed by atoms with Gasteiger partial charge in [-0.05, 0) is 30.5 Å². The number of carbonyl (C=O) groups is 2. The first-order chi connectivity index (χ1) is 9.40. The first-order valence-electron chi connectivity index (χ1n) is 6.32. The maximum absolute atomic E-state index is 13.2. The Morgan fingerprint density at radius 2 is 2.10 bits per heavy atom. The summed E-state index contributed by atoms with van der Waals surface area (Å²) in [6.45, 7) is 4.78. The molecule has 0 aromatic heterocycles. The van der Waals surface area contributed by atoms with Crippen LogP contribution in [0, 0.1) is 11.7 Å². The van der Waals surface area contributed by atoms with Gasteiger partial charge < -0.3 is 10.4 Å². The fraction of sp³-hybridized carbons (Fsp3) is 0.429. The minimum atomic E-state index is -1.31. The summed E-state index contributed by atoms with van der Waals surface area (Å²) in [5.41, 5.74) is -0.379. The van der Waals surface area contributed by atoms with Gasteiger partial charge in [0.15, 0.2) is 0 Å². The molecule has 0 aliphatic heterocycles. The molecular weight excluding hydrogens is 281 g/mol. The fourth-order valence-electron chi connectivity index (χ4n) is 1.46. The molecule has 0 atom stereocenters. The van der Waals surface area contributed by atoms with E-state index in [0.717, 1.165) is 12.5 Å². The highest BCUT2D eigenvalue weighted by Crippen LogP contribution is 2.21. The molecule has 0 aliphatic carbocycles. The number of hydrogen-bond donors (Lipinski definition) is 2. The van der Waals surface area contributed by atoms with Gasteiger partial charge in [0.1, 0.15) is 5.82 Å². The van der Waals surface area contributed by atoms with Crippen molar-refractivity contribution in [2.24, 2.45) is 5.92 Å². The largest absolute Gasteiger partial charge is 0.478 e. The highest BCUT2D eigenvalue weighted by Gasteiger charge is 2.11. The summed E-state index contributed by atoms with van der Waals surface area (Å²) in [6.07, 6.45) is 0.913. The molecule has 0 aliphatic rings. The Morgan fingerprint density at radius 1 is 1.40 bits per heavy atom. The molecule has 0 heterocycles. The molecule has 2 N–H and O–H groups in total. The van der Waals surface area contributed by atoms with Gasteiger partial charge in [-0.3, -0.25) is 4.79 Å². The Hall–Kier alpha value is -1.56. The lowest BCUT2D eigenvalue weighted by Crippen LogP contribution is -2.26. The fourth-order valence-corrected chi connectivity index (χ4v) is 2.22. The smallest absolute Gasteiger partial charge is 0.338 e. The van der Waals surface area contributed by atoms with Crippen LogP contribution in [0.25, 0.3) is 0 Å². The molecule has 4 nitrogen and oxygen atoms in total. The summed E-state index contributed by atoms with van der Waals surface area (Å²) < 4.78 is 13.2. The lowest BCUT2D eigenvalue weighted by atomic mass is 10.1. The van der Waals surface area contributed by atoms with Crippen LogP contribution in [0.15, 0.2) is 23.1 Å². The summed E-state index contributed by atoms with van der Waals surface area (Å²) in [5.74, 6) is -1.49. The molecule has 0 saturated carbocycles. The third-order valence-corrected chi connectivity index (χ3v) is 3.58. The van der Waals surface area contributed by atoms with Crippen molar-refractivity contribution in [2.75, 3.05) is 12.3 Å². The van der Waals surface area contributed by atoms with Gasteiger partial charge in [-0.25, -0.2) is 9.18 Å². The van der Waals surface area contributed by atoms with E-state index in [0.29, 0.717) is 17.4 Å². The lowest BCUT2D eigenvalue weighted by Gasteiger charge is -2.07. The van der Waals surface area contributed by atoms with Crippen molar-refractivity contribution in [2.45, 2.75) is 25.2 Å². The molecule has 0 spiro atoms. The maximum Gasteiger partial charge on any atom is 0.338 e. The van der Waals surface area contributed by atoms with Gasteiger partial charge in [0, 0.05) is 11.4 Å². The topological polar surface area (TPSA) is 66.4 Å². The predicted octanol–water partition coefficient (Wildman–Crippen LogP) is 2.78. The van der Waals surface area contributed by atoms with Crippen LogP contribution in [0.3, 0.4) is 0 Å². The highest BCUT2D eigenvalue weighted by atomic mass is 32.2. The normalized spacial score (nSPS) is 10.6. The lowest BCUT2D eigenvalue weighted by molar-refractivity contribution is -0.118. The van der Waals surface area contributed by atoms with E-state index in [1.807, 2.05) is 0 Å². The van der Waals surface area contributed by atoms with E-state index in [-0.39, 0.29) is 17.2 Å². The molecule has 0 unspecified atom stereocenters. The first kappa shape index (κ1) is 16.5. The van der Waals surface area contributed by atoms with Crippen LogP contribution in [0.4, 0.5) is 4.39 Å². The van der Waals surface area contributed by atoms with Gasteiger partial charge >= 0.3 is 5.97 Å². The van der Waals surface area contributed by atoms with Crippen molar-refractivity contribution < 1.29 is 19.1 Å². The third-order valence-electron chi connectivity index (χ3n) is 2.58. The molecule has 0 bridgehead atoms. The monoisotopic (exact) mass is 299 g/mol. The van der Waals surface area contributed by atoms with E-state index in [9.17, 15) is 14.0 Å².